The maximum atomic E-state index is 12.1. The monoisotopic (exact) mass is 237 g/mol. The number of aromatic nitrogens is 1. The fraction of sp³-hybridized carbons (Fsp3) is 0.455. The van der Waals surface area contributed by atoms with Gasteiger partial charge in [-0.2, -0.15) is 11.8 Å². The van der Waals surface area contributed by atoms with Gasteiger partial charge in [0.25, 0.3) is 0 Å². The Labute approximate surface area is 99.2 Å². The van der Waals surface area contributed by atoms with Gasteiger partial charge >= 0.3 is 0 Å². The molecule has 5 heteroatoms. The zero-order chi connectivity index (χ0) is 11.5. The second-order valence-electron chi connectivity index (χ2n) is 3.89. The molecule has 1 fully saturated rings. The lowest BCUT2D eigenvalue weighted by molar-refractivity contribution is -0.121. The Morgan fingerprint density at radius 3 is 3.12 bits per heavy atom. The van der Waals surface area contributed by atoms with E-state index < -0.39 is 0 Å². The summed E-state index contributed by atoms with van der Waals surface area (Å²) in [5, 5.41) is 0. The number of anilines is 2. The fourth-order valence-corrected chi connectivity index (χ4v) is 3.04. The number of rotatable bonds is 2. The number of hydrogen-bond acceptors (Lipinski definition) is 4. The molecule has 2 heterocycles. The first-order chi connectivity index (χ1) is 7.70. The van der Waals surface area contributed by atoms with Gasteiger partial charge in [-0.1, -0.05) is 0 Å². The molecule has 1 aromatic heterocycles. The van der Waals surface area contributed by atoms with Crippen LogP contribution in [0.25, 0.3) is 0 Å². The zero-order valence-corrected chi connectivity index (χ0v) is 10.0. The lowest BCUT2D eigenvalue weighted by Gasteiger charge is -2.21. The van der Waals surface area contributed by atoms with Gasteiger partial charge in [-0.25, -0.2) is 0 Å². The van der Waals surface area contributed by atoms with Crippen molar-refractivity contribution in [2.24, 2.45) is 5.92 Å². The third-order valence-electron chi connectivity index (χ3n) is 2.80. The molecule has 1 aromatic rings. The van der Waals surface area contributed by atoms with Crippen molar-refractivity contribution in [3.63, 3.8) is 0 Å². The lowest BCUT2D eigenvalue weighted by atomic mass is 10.1. The molecule has 1 amide bonds. The molecule has 0 bridgehead atoms. The topological polar surface area (TPSA) is 59.2 Å². The highest BCUT2D eigenvalue weighted by Crippen LogP contribution is 2.28. The summed E-state index contributed by atoms with van der Waals surface area (Å²) < 4.78 is 0. The maximum Gasteiger partial charge on any atom is 0.230 e. The number of amides is 1. The van der Waals surface area contributed by atoms with Gasteiger partial charge in [0, 0.05) is 24.9 Å². The summed E-state index contributed by atoms with van der Waals surface area (Å²) in [4.78, 5) is 17.7. The highest BCUT2D eigenvalue weighted by molar-refractivity contribution is 7.99. The summed E-state index contributed by atoms with van der Waals surface area (Å²) in [5.74, 6) is 2.30. The molecule has 4 nitrogen and oxygen atoms in total. The first-order valence-electron chi connectivity index (χ1n) is 5.25. The van der Waals surface area contributed by atoms with Crippen LogP contribution in [0.15, 0.2) is 18.5 Å². The molecule has 1 saturated heterocycles. The largest absolute Gasteiger partial charge is 0.396 e. The lowest BCUT2D eigenvalue weighted by Crippen LogP contribution is -2.33. The first kappa shape index (κ1) is 11.3. The predicted molar refractivity (Wildman–Crippen MR) is 67.5 cm³/mol. The minimum Gasteiger partial charge on any atom is -0.396 e. The Kier molecular flexibility index (Phi) is 3.33. The number of carbonyl (C=O) groups excluding carboxylic acids is 1. The van der Waals surface area contributed by atoms with Crippen LogP contribution >= 0.6 is 11.8 Å². The standard InChI is InChI=1S/C11H15N3OS/c1-14(10-2-4-13-6-9(10)12)11(15)8-3-5-16-7-8/h2,4,6,8H,3,5,7,12H2,1H3. The normalized spacial score (nSPS) is 19.7. The van der Waals surface area contributed by atoms with Crippen molar-refractivity contribution in [3.8, 4) is 0 Å². The molecule has 1 unspecified atom stereocenters. The summed E-state index contributed by atoms with van der Waals surface area (Å²) in [7, 11) is 1.77. The highest BCUT2D eigenvalue weighted by atomic mass is 32.2. The van der Waals surface area contributed by atoms with E-state index in [1.807, 2.05) is 11.8 Å². The van der Waals surface area contributed by atoms with E-state index in [1.54, 1.807) is 30.4 Å². The van der Waals surface area contributed by atoms with E-state index in [4.69, 9.17) is 5.73 Å². The van der Waals surface area contributed by atoms with Gasteiger partial charge in [0.15, 0.2) is 0 Å². The van der Waals surface area contributed by atoms with Crippen LogP contribution in [0.2, 0.25) is 0 Å². The van der Waals surface area contributed by atoms with E-state index >= 15 is 0 Å². The van der Waals surface area contributed by atoms with Crippen molar-refractivity contribution >= 4 is 29.0 Å². The summed E-state index contributed by atoms with van der Waals surface area (Å²) >= 11 is 1.84. The third kappa shape index (κ3) is 2.14. The molecule has 1 aliphatic heterocycles. The molecule has 0 spiro atoms. The molecule has 86 valence electrons. The minimum atomic E-state index is 0.141. The van der Waals surface area contributed by atoms with Crippen LogP contribution in [0.1, 0.15) is 6.42 Å². The second-order valence-corrected chi connectivity index (χ2v) is 5.04. The quantitative estimate of drug-likeness (QED) is 0.844. The van der Waals surface area contributed by atoms with Crippen molar-refractivity contribution in [1.29, 1.82) is 0 Å². The molecule has 0 radical (unpaired) electrons. The average molecular weight is 237 g/mol. The van der Waals surface area contributed by atoms with Gasteiger partial charge in [-0.15, -0.1) is 0 Å². The predicted octanol–water partition coefficient (Wildman–Crippen LogP) is 1.38. The maximum absolute atomic E-state index is 12.1. The van der Waals surface area contributed by atoms with Gasteiger partial charge in [-0.3, -0.25) is 9.78 Å². The van der Waals surface area contributed by atoms with Crippen molar-refractivity contribution in [2.75, 3.05) is 29.2 Å². The number of pyridine rings is 1. The van der Waals surface area contributed by atoms with E-state index in [9.17, 15) is 4.79 Å². The summed E-state index contributed by atoms with van der Waals surface area (Å²) in [6, 6.07) is 1.77. The molecule has 0 aliphatic carbocycles. The van der Waals surface area contributed by atoms with Crippen LogP contribution in [-0.2, 0) is 4.79 Å². The Balaban J connectivity index is 2.15. The summed E-state index contributed by atoms with van der Waals surface area (Å²) in [5.41, 5.74) is 7.09. The van der Waals surface area contributed by atoms with E-state index in [2.05, 4.69) is 4.98 Å². The SMILES string of the molecule is CN(C(=O)C1CCSC1)c1ccncc1N. The zero-order valence-electron chi connectivity index (χ0n) is 9.22. The number of thioether (sulfide) groups is 1. The Morgan fingerprint density at radius 2 is 2.50 bits per heavy atom. The van der Waals surface area contributed by atoms with E-state index in [0.29, 0.717) is 5.69 Å². The van der Waals surface area contributed by atoms with Crippen molar-refractivity contribution in [1.82, 2.24) is 4.98 Å². The molecule has 16 heavy (non-hydrogen) atoms. The summed E-state index contributed by atoms with van der Waals surface area (Å²) in [6.07, 6.45) is 4.19. The van der Waals surface area contributed by atoms with Crippen molar-refractivity contribution < 1.29 is 4.79 Å². The molecule has 0 aromatic carbocycles. The van der Waals surface area contributed by atoms with E-state index in [0.717, 1.165) is 23.6 Å². The average Bonchev–Trinajstić information content (AvgIpc) is 2.81. The molecule has 1 atom stereocenters. The van der Waals surface area contributed by atoms with E-state index in [-0.39, 0.29) is 11.8 Å². The fourth-order valence-electron chi connectivity index (χ4n) is 1.83. The summed E-state index contributed by atoms with van der Waals surface area (Å²) in [6.45, 7) is 0. The van der Waals surface area contributed by atoms with E-state index in [1.165, 1.54) is 0 Å². The van der Waals surface area contributed by atoms with Gasteiger partial charge < -0.3 is 10.6 Å². The Hall–Kier alpha value is -1.23. The Bertz CT molecular complexity index is 391. The van der Waals surface area contributed by atoms with Gasteiger partial charge in [0.2, 0.25) is 5.91 Å². The molecule has 2 N–H and O–H groups in total. The van der Waals surface area contributed by atoms with Crippen LogP contribution in [-0.4, -0.2) is 29.4 Å². The number of carbonyl (C=O) groups is 1. The van der Waals surface area contributed by atoms with Crippen LogP contribution in [0.5, 0.6) is 0 Å². The van der Waals surface area contributed by atoms with Crippen LogP contribution in [0.3, 0.4) is 0 Å². The van der Waals surface area contributed by atoms with Crippen molar-refractivity contribution in [2.45, 2.75) is 6.42 Å². The second kappa shape index (κ2) is 4.74. The Morgan fingerprint density at radius 1 is 1.69 bits per heavy atom. The van der Waals surface area contributed by atoms with Gasteiger partial charge in [0.05, 0.1) is 17.6 Å². The molecular weight excluding hydrogens is 222 g/mol. The van der Waals surface area contributed by atoms with Crippen molar-refractivity contribution in [3.05, 3.63) is 18.5 Å². The third-order valence-corrected chi connectivity index (χ3v) is 3.96. The minimum absolute atomic E-state index is 0.141. The molecule has 2 rings (SSSR count). The molecular formula is C11H15N3OS. The number of nitrogen functional groups attached to an aromatic ring is 1. The number of nitrogens with zero attached hydrogens (tertiary/aromatic N) is 2. The molecule has 1 aliphatic rings. The van der Waals surface area contributed by atoms with Gasteiger partial charge in [0.1, 0.15) is 0 Å². The van der Waals surface area contributed by atoms with Crippen LogP contribution < -0.4 is 10.6 Å². The number of nitrogens with two attached hydrogens (primary N) is 1. The van der Waals surface area contributed by atoms with Gasteiger partial charge in [-0.05, 0) is 18.2 Å². The highest BCUT2D eigenvalue weighted by Gasteiger charge is 2.27. The first-order valence-corrected chi connectivity index (χ1v) is 6.40. The smallest absolute Gasteiger partial charge is 0.230 e. The number of hydrogen-bond donors (Lipinski definition) is 1. The van der Waals surface area contributed by atoms with Crippen LogP contribution in [0.4, 0.5) is 11.4 Å². The van der Waals surface area contributed by atoms with Crippen LogP contribution in [0, 0.1) is 5.92 Å². The molecule has 0 saturated carbocycles.